The summed E-state index contributed by atoms with van der Waals surface area (Å²) >= 11 is 0. The van der Waals surface area contributed by atoms with Gasteiger partial charge < -0.3 is 9.47 Å². The Morgan fingerprint density at radius 1 is 1.18 bits per heavy atom. The normalized spacial score (nSPS) is 16.9. The highest BCUT2D eigenvalue weighted by molar-refractivity contribution is 5.92. The molecule has 1 saturated heterocycles. The summed E-state index contributed by atoms with van der Waals surface area (Å²) in [6.07, 6.45) is 7.89. The van der Waals surface area contributed by atoms with Crippen molar-refractivity contribution in [1.82, 2.24) is 24.4 Å². The van der Waals surface area contributed by atoms with Crippen LogP contribution in [0.15, 0.2) is 49.1 Å². The SMILES string of the molecule is O=C(c1ncc(F)cc1F)N1CCC[C@@H](c2nccn2Cc2ccccn2)C1. The maximum absolute atomic E-state index is 14.0. The minimum atomic E-state index is -0.941. The van der Waals surface area contributed by atoms with Crippen LogP contribution in [-0.4, -0.2) is 43.4 Å². The van der Waals surface area contributed by atoms with Gasteiger partial charge in [-0.05, 0) is 25.0 Å². The van der Waals surface area contributed by atoms with Crippen molar-refractivity contribution in [3.63, 3.8) is 0 Å². The van der Waals surface area contributed by atoms with Gasteiger partial charge in [0.2, 0.25) is 0 Å². The third-order valence-electron chi connectivity index (χ3n) is 4.89. The van der Waals surface area contributed by atoms with E-state index < -0.39 is 17.5 Å². The number of amides is 1. The predicted molar refractivity (Wildman–Crippen MR) is 97.6 cm³/mol. The van der Waals surface area contributed by atoms with Crippen LogP contribution in [0.25, 0.3) is 0 Å². The Bertz CT molecular complexity index is 976. The molecule has 0 saturated carbocycles. The van der Waals surface area contributed by atoms with Crippen molar-refractivity contribution in [2.75, 3.05) is 13.1 Å². The molecule has 0 spiro atoms. The second-order valence-corrected chi connectivity index (χ2v) is 6.81. The number of carbonyl (C=O) groups excluding carboxylic acids is 1. The summed E-state index contributed by atoms with van der Waals surface area (Å²) in [6.45, 7) is 1.51. The van der Waals surface area contributed by atoms with Crippen LogP contribution in [0.5, 0.6) is 0 Å². The van der Waals surface area contributed by atoms with Crippen molar-refractivity contribution in [3.05, 3.63) is 77.9 Å². The summed E-state index contributed by atoms with van der Waals surface area (Å²) < 4.78 is 29.1. The molecule has 0 bridgehead atoms. The van der Waals surface area contributed by atoms with Crippen molar-refractivity contribution >= 4 is 5.91 Å². The van der Waals surface area contributed by atoms with Gasteiger partial charge in [-0.1, -0.05) is 6.07 Å². The number of aromatic nitrogens is 4. The summed E-state index contributed by atoms with van der Waals surface area (Å²) in [5.74, 6) is -1.37. The molecule has 1 atom stereocenters. The summed E-state index contributed by atoms with van der Waals surface area (Å²) in [7, 11) is 0. The molecule has 28 heavy (non-hydrogen) atoms. The van der Waals surface area contributed by atoms with E-state index in [1.807, 2.05) is 29.0 Å². The molecule has 0 aliphatic carbocycles. The standard InChI is InChI=1S/C20H19F2N5O/c21-15-10-17(22)18(25-11-15)20(28)27-8-3-4-14(12-27)19-24-7-9-26(19)13-16-5-1-2-6-23-16/h1-2,5-7,9-11,14H,3-4,8,12-13H2/t14-/m1/s1. The van der Waals surface area contributed by atoms with E-state index in [2.05, 4.69) is 15.0 Å². The lowest BCUT2D eigenvalue weighted by atomic mass is 9.96. The second kappa shape index (κ2) is 7.84. The number of pyridine rings is 2. The number of rotatable bonds is 4. The second-order valence-electron chi connectivity index (χ2n) is 6.81. The molecule has 4 heterocycles. The van der Waals surface area contributed by atoms with E-state index in [1.165, 1.54) is 0 Å². The Labute approximate surface area is 160 Å². The number of likely N-dealkylation sites (tertiary alicyclic amines) is 1. The van der Waals surface area contributed by atoms with Gasteiger partial charge in [-0.25, -0.2) is 18.7 Å². The molecule has 4 rings (SSSR count). The lowest BCUT2D eigenvalue weighted by molar-refractivity contribution is 0.0692. The van der Waals surface area contributed by atoms with E-state index in [4.69, 9.17) is 0 Å². The third kappa shape index (κ3) is 3.76. The summed E-state index contributed by atoms with van der Waals surface area (Å²) in [4.78, 5) is 26.7. The summed E-state index contributed by atoms with van der Waals surface area (Å²) in [5.41, 5.74) is 0.571. The minimum Gasteiger partial charge on any atom is -0.336 e. The van der Waals surface area contributed by atoms with Crippen LogP contribution in [0.3, 0.4) is 0 Å². The van der Waals surface area contributed by atoms with E-state index >= 15 is 0 Å². The fraction of sp³-hybridized carbons (Fsp3) is 0.300. The topological polar surface area (TPSA) is 63.9 Å². The van der Waals surface area contributed by atoms with Gasteiger partial charge in [0, 0.05) is 43.7 Å². The maximum atomic E-state index is 14.0. The van der Waals surface area contributed by atoms with Crippen molar-refractivity contribution in [2.24, 2.45) is 0 Å². The first kappa shape index (κ1) is 18.2. The fourth-order valence-corrected chi connectivity index (χ4v) is 3.57. The lowest BCUT2D eigenvalue weighted by Gasteiger charge is -2.32. The Morgan fingerprint density at radius 3 is 2.86 bits per heavy atom. The van der Waals surface area contributed by atoms with Crippen LogP contribution in [-0.2, 0) is 6.54 Å². The van der Waals surface area contributed by atoms with Crippen LogP contribution in [0.4, 0.5) is 8.78 Å². The molecule has 6 nitrogen and oxygen atoms in total. The van der Waals surface area contributed by atoms with Crippen molar-refractivity contribution < 1.29 is 13.6 Å². The number of carbonyl (C=O) groups is 1. The molecular formula is C20H19F2N5O. The first-order chi connectivity index (χ1) is 13.6. The molecular weight excluding hydrogens is 364 g/mol. The van der Waals surface area contributed by atoms with Gasteiger partial charge in [0.25, 0.3) is 5.91 Å². The van der Waals surface area contributed by atoms with E-state index in [1.54, 1.807) is 17.3 Å². The molecule has 1 fully saturated rings. The van der Waals surface area contributed by atoms with Gasteiger partial charge in [-0.15, -0.1) is 0 Å². The zero-order valence-corrected chi connectivity index (χ0v) is 15.1. The molecule has 3 aromatic heterocycles. The zero-order valence-electron chi connectivity index (χ0n) is 15.1. The van der Waals surface area contributed by atoms with E-state index in [0.29, 0.717) is 25.7 Å². The van der Waals surface area contributed by atoms with Gasteiger partial charge in [0.05, 0.1) is 18.4 Å². The number of hydrogen-bond acceptors (Lipinski definition) is 4. The molecule has 144 valence electrons. The van der Waals surface area contributed by atoms with Gasteiger partial charge >= 0.3 is 0 Å². The molecule has 8 heteroatoms. The molecule has 0 unspecified atom stereocenters. The van der Waals surface area contributed by atoms with Crippen molar-refractivity contribution in [3.8, 4) is 0 Å². The monoisotopic (exact) mass is 383 g/mol. The molecule has 1 aliphatic heterocycles. The van der Waals surface area contributed by atoms with Crippen molar-refractivity contribution in [2.45, 2.75) is 25.3 Å². The van der Waals surface area contributed by atoms with Crippen LogP contribution >= 0.6 is 0 Å². The van der Waals surface area contributed by atoms with E-state index in [9.17, 15) is 13.6 Å². The number of piperidine rings is 1. The Balaban J connectivity index is 1.52. The molecule has 0 N–H and O–H groups in total. The van der Waals surface area contributed by atoms with Crippen LogP contribution in [0.1, 0.15) is 40.8 Å². The Kier molecular flexibility index (Phi) is 5.10. The zero-order chi connectivity index (χ0) is 19.5. The van der Waals surface area contributed by atoms with Crippen LogP contribution in [0, 0.1) is 11.6 Å². The highest BCUT2D eigenvalue weighted by Crippen LogP contribution is 2.27. The van der Waals surface area contributed by atoms with Crippen LogP contribution in [0.2, 0.25) is 0 Å². The van der Waals surface area contributed by atoms with E-state index in [-0.39, 0.29) is 11.6 Å². The quantitative estimate of drug-likeness (QED) is 0.695. The Hall–Kier alpha value is -3.16. The number of nitrogens with zero attached hydrogens (tertiary/aromatic N) is 5. The molecule has 0 radical (unpaired) electrons. The molecule has 0 aromatic carbocycles. The fourth-order valence-electron chi connectivity index (χ4n) is 3.57. The van der Waals surface area contributed by atoms with Gasteiger partial charge in [0.1, 0.15) is 11.6 Å². The van der Waals surface area contributed by atoms with Gasteiger partial charge in [0.15, 0.2) is 11.5 Å². The highest BCUT2D eigenvalue weighted by atomic mass is 19.1. The summed E-state index contributed by atoms with van der Waals surface area (Å²) in [5, 5.41) is 0. The minimum absolute atomic E-state index is 0.0277. The number of hydrogen-bond donors (Lipinski definition) is 0. The third-order valence-corrected chi connectivity index (χ3v) is 4.89. The number of imidazole rings is 1. The average Bonchev–Trinajstić information content (AvgIpc) is 3.16. The smallest absolute Gasteiger partial charge is 0.275 e. The highest BCUT2D eigenvalue weighted by Gasteiger charge is 2.30. The molecule has 1 amide bonds. The maximum Gasteiger partial charge on any atom is 0.275 e. The lowest BCUT2D eigenvalue weighted by Crippen LogP contribution is -2.40. The van der Waals surface area contributed by atoms with E-state index in [0.717, 1.165) is 30.6 Å². The first-order valence-corrected chi connectivity index (χ1v) is 9.13. The van der Waals surface area contributed by atoms with Crippen molar-refractivity contribution in [1.29, 1.82) is 0 Å². The predicted octanol–water partition coefficient (Wildman–Crippen LogP) is 3.02. The number of halogens is 2. The summed E-state index contributed by atoms with van der Waals surface area (Å²) in [6, 6.07) is 6.43. The Morgan fingerprint density at radius 2 is 2.07 bits per heavy atom. The first-order valence-electron chi connectivity index (χ1n) is 9.13. The van der Waals surface area contributed by atoms with Crippen LogP contribution < -0.4 is 0 Å². The van der Waals surface area contributed by atoms with Gasteiger partial charge in [-0.3, -0.25) is 9.78 Å². The average molecular weight is 383 g/mol. The largest absolute Gasteiger partial charge is 0.336 e. The van der Waals surface area contributed by atoms with Gasteiger partial charge in [-0.2, -0.15) is 0 Å². The molecule has 1 aliphatic rings. The molecule has 3 aromatic rings.